The molecule has 2 heterocycles. The first-order valence-electron chi connectivity index (χ1n) is 6.81. The molecule has 1 fully saturated rings. The molecule has 0 atom stereocenters. The number of aryl methyl sites for hydroxylation is 1. The Morgan fingerprint density at radius 2 is 2.11 bits per heavy atom. The number of piperazine rings is 1. The molecule has 1 saturated heterocycles. The van der Waals surface area contributed by atoms with E-state index in [4.69, 9.17) is 5.11 Å². The zero-order valence-electron chi connectivity index (χ0n) is 11.4. The second-order valence-corrected chi connectivity index (χ2v) is 4.74. The van der Waals surface area contributed by atoms with Crippen molar-refractivity contribution in [1.82, 2.24) is 14.8 Å². The van der Waals surface area contributed by atoms with Gasteiger partial charge < -0.3 is 10.0 Å². The van der Waals surface area contributed by atoms with E-state index in [9.17, 15) is 4.79 Å². The number of carbonyl (C=O) groups is 1. The van der Waals surface area contributed by atoms with Crippen molar-refractivity contribution in [2.45, 2.75) is 13.3 Å². The molecular formula is C14H21N3O2. The number of rotatable bonds is 4. The van der Waals surface area contributed by atoms with E-state index in [0.29, 0.717) is 6.54 Å². The number of hydrogen-bond donors (Lipinski definition) is 1. The van der Waals surface area contributed by atoms with Gasteiger partial charge in [-0.2, -0.15) is 0 Å². The minimum Gasteiger partial charge on any atom is -0.395 e. The topological polar surface area (TPSA) is 56.7 Å². The molecule has 0 aromatic carbocycles. The minimum absolute atomic E-state index is 0.0999. The average Bonchev–Trinajstić information content (AvgIpc) is 2.47. The van der Waals surface area contributed by atoms with Gasteiger partial charge in [-0.05, 0) is 18.1 Å². The summed E-state index contributed by atoms with van der Waals surface area (Å²) in [6.07, 6.45) is 4.27. The van der Waals surface area contributed by atoms with Crippen LogP contribution >= 0.6 is 0 Å². The Hall–Kier alpha value is -1.46. The molecule has 1 N–H and O–H groups in total. The number of amides is 1. The number of nitrogens with zero attached hydrogens (tertiary/aromatic N) is 3. The normalized spacial score (nSPS) is 16.6. The van der Waals surface area contributed by atoms with Crippen molar-refractivity contribution in [2.75, 3.05) is 39.3 Å². The fourth-order valence-electron chi connectivity index (χ4n) is 2.40. The Morgan fingerprint density at radius 1 is 1.37 bits per heavy atom. The van der Waals surface area contributed by atoms with Crippen LogP contribution in [-0.4, -0.2) is 65.1 Å². The lowest BCUT2D eigenvalue weighted by Crippen LogP contribution is -2.49. The van der Waals surface area contributed by atoms with Crippen LogP contribution in [0.3, 0.4) is 0 Å². The van der Waals surface area contributed by atoms with E-state index < -0.39 is 0 Å². The molecule has 1 aliphatic heterocycles. The highest BCUT2D eigenvalue weighted by atomic mass is 16.3. The third-order valence-electron chi connectivity index (χ3n) is 3.59. The lowest BCUT2D eigenvalue weighted by Gasteiger charge is -2.34. The number of carbonyl (C=O) groups excluding carboxylic acids is 1. The van der Waals surface area contributed by atoms with Gasteiger partial charge in [0.05, 0.1) is 6.61 Å². The molecule has 104 valence electrons. The minimum atomic E-state index is 0.0999. The Morgan fingerprint density at radius 3 is 2.74 bits per heavy atom. The van der Waals surface area contributed by atoms with Gasteiger partial charge in [0.25, 0.3) is 5.91 Å². The predicted octanol–water partition coefficient (Wildman–Crippen LogP) is 0.394. The molecule has 1 amide bonds. The first kappa shape index (κ1) is 14.0. The van der Waals surface area contributed by atoms with Crippen molar-refractivity contribution >= 4 is 5.91 Å². The summed E-state index contributed by atoms with van der Waals surface area (Å²) >= 11 is 0. The summed E-state index contributed by atoms with van der Waals surface area (Å²) < 4.78 is 0. The highest BCUT2D eigenvalue weighted by molar-refractivity contribution is 5.95. The Bertz CT molecular complexity index is 428. The second-order valence-electron chi connectivity index (χ2n) is 4.74. The third kappa shape index (κ3) is 3.30. The second kappa shape index (κ2) is 6.63. The number of hydrogen-bond acceptors (Lipinski definition) is 4. The maximum atomic E-state index is 12.5. The molecule has 19 heavy (non-hydrogen) atoms. The van der Waals surface area contributed by atoms with Gasteiger partial charge in [-0.1, -0.05) is 6.92 Å². The van der Waals surface area contributed by atoms with Gasteiger partial charge in [-0.3, -0.25) is 14.7 Å². The number of aromatic nitrogens is 1. The van der Waals surface area contributed by atoms with Gasteiger partial charge in [0.1, 0.15) is 0 Å². The maximum Gasteiger partial charge on any atom is 0.254 e. The van der Waals surface area contributed by atoms with Crippen molar-refractivity contribution in [3.63, 3.8) is 0 Å². The molecule has 0 bridgehead atoms. The van der Waals surface area contributed by atoms with Crippen LogP contribution in [-0.2, 0) is 6.42 Å². The summed E-state index contributed by atoms with van der Waals surface area (Å²) in [7, 11) is 0. The summed E-state index contributed by atoms with van der Waals surface area (Å²) in [5.74, 6) is 0.0999. The van der Waals surface area contributed by atoms with Crippen molar-refractivity contribution in [2.24, 2.45) is 0 Å². The molecule has 2 rings (SSSR count). The Balaban J connectivity index is 2.01. The Labute approximate surface area is 113 Å². The van der Waals surface area contributed by atoms with Crippen LogP contribution in [0.2, 0.25) is 0 Å². The number of pyridine rings is 1. The van der Waals surface area contributed by atoms with Crippen LogP contribution in [0.5, 0.6) is 0 Å². The first-order chi connectivity index (χ1) is 9.26. The van der Waals surface area contributed by atoms with E-state index in [1.54, 1.807) is 18.5 Å². The van der Waals surface area contributed by atoms with Crippen LogP contribution in [0.15, 0.2) is 18.5 Å². The maximum absolute atomic E-state index is 12.5. The molecule has 1 aliphatic rings. The van der Waals surface area contributed by atoms with Gasteiger partial charge in [-0.15, -0.1) is 0 Å². The van der Waals surface area contributed by atoms with Crippen LogP contribution in [0.25, 0.3) is 0 Å². The molecule has 0 saturated carbocycles. The summed E-state index contributed by atoms with van der Waals surface area (Å²) in [6.45, 7) is 6.02. The third-order valence-corrected chi connectivity index (χ3v) is 3.59. The van der Waals surface area contributed by atoms with Crippen molar-refractivity contribution in [3.8, 4) is 0 Å². The number of aliphatic hydroxyl groups excluding tert-OH is 1. The quantitative estimate of drug-likeness (QED) is 0.854. The van der Waals surface area contributed by atoms with Gasteiger partial charge in [-0.25, -0.2) is 0 Å². The Kier molecular flexibility index (Phi) is 4.87. The SMILES string of the molecule is CCc1cnccc1C(=O)N1CCN(CCO)CC1. The summed E-state index contributed by atoms with van der Waals surface area (Å²) in [5, 5.41) is 8.91. The van der Waals surface area contributed by atoms with E-state index in [1.165, 1.54) is 0 Å². The highest BCUT2D eigenvalue weighted by Gasteiger charge is 2.23. The molecule has 0 aliphatic carbocycles. The van der Waals surface area contributed by atoms with Crippen LogP contribution in [0, 0.1) is 0 Å². The largest absolute Gasteiger partial charge is 0.395 e. The monoisotopic (exact) mass is 263 g/mol. The zero-order valence-corrected chi connectivity index (χ0v) is 11.4. The standard InChI is InChI=1S/C14H21N3O2/c1-2-12-11-15-4-3-13(12)14(19)17-7-5-16(6-8-17)9-10-18/h3-4,11,18H,2,5-10H2,1H3. The predicted molar refractivity (Wildman–Crippen MR) is 73.0 cm³/mol. The molecule has 0 spiro atoms. The van der Waals surface area contributed by atoms with Crippen LogP contribution < -0.4 is 0 Å². The molecule has 5 nitrogen and oxygen atoms in total. The van der Waals surface area contributed by atoms with E-state index in [2.05, 4.69) is 9.88 Å². The van der Waals surface area contributed by atoms with Crippen molar-refractivity contribution in [3.05, 3.63) is 29.6 Å². The van der Waals surface area contributed by atoms with E-state index in [-0.39, 0.29) is 12.5 Å². The lowest BCUT2D eigenvalue weighted by atomic mass is 10.1. The van der Waals surface area contributed by atoms with Crippen LogP contribution in [0.1, 0.15) is 22.8 Å². The molecule has 0 radical (unpaired) electrons. The summed E-state index contributed by atoms with van der Waals surface area (Å²) in [4.78, 5) is 20.6. The van der Waals surface area contributed by atoms with Gasteiger partial charge in [0, 0.05) is 50.7 Å². The number of β-amino-alcohol motifs (C(OH)–C–C–N with tert-alkyl or cyclic N) is 1. The smallest absolute Gasteiger partial charge is 0.254 e. The van der Waals surface area contributed by atoms with Gasteiger partial charge in [0.2, 0.25) is 0 Å². The van der Waals surface area contributed by atoms with Crippen molar-refractivity contribution in [1.29, 1.82) is 0 Å². The van der Waals surface area contributed by atoms with Crippen molar-refractivity contribution < 1.29 is 9.90 Å². The summed E-state index contributed by atoms with van der Waals surface area (Å²) in [5.41, 5.74) is 1.78. The molecule has 5 heteroatoms. The van der Waals surface area contributed by atoms with Gasteiger partial charge >= 0.3 is 0 Å². The molecule has 1 aromatic rings. The van der Waals surface area contributed by atoms with Crippen LogP contribution in [0.4, 0.5) is 0 Å². The fraction of sp³-hybridized carbons (Fsp3) is 0.571. The lowest BCUT2D eigenvalue weighted by molar-refractivity contribution is 0.0614. The molecule has 1 aromatic heterocycles. The van der Waals surface area contributed by atoms with E-state index in [1.807, 2.05) is 11.8 Å². The highest BCUT2D eigenvalue weighted by Crippen LogP contribution is 2.13. The average molecular weight is 263 g/mol. The zero-order chi connectivity index (χ0) is 13.7. The fourth-order valence-corrected chi connectivity index (χ4v) is 2.40. The number of aliphatic hydroxyl groups is 1. The molecule has 0 unspecified atom stereocenters. The summed E-state index contributed by atoms with van der Waals surface area (Å²) in [6, 6.07) is 1.81. The first-order valence-corrected chi connectivity index (χ1v) is 6.81. The van der Waals surface area contributed by atoms with E-state index in [0.717, 1.165) is 43.7 Å². The van der Waals surface area contributed by atoms with E-state index >= 15 is 0 Å². The van der Waals surface area contributed by atoms with Gasteiger partial charge in [0.15, 0.2) is 0 Å². The molecular weight excluding hydrogens is 242 g/mol.